The van der Waals surface area contributed by atoms with Crippen LogP contribution in [0.4, 0.5) is 0 Å². The lowest BCUT2D eigenvalue weighted by Crippen LogP contribution is -2.27. The largest absolute Gasteiger partial charge is 0.507 e. The van der Waals surface area contributed by atoms with Crippen LogP contribution in [-0.4, -0.2) is 34.7 Å². The van der Waals surface area contributed by atoms with E-state index < -0.39 is 0 Å². The SMILES string of the molecule is Oc1c(C=N[C@H]2CCCCC2N=Cc2cc3ccccc3c(-c3c(-c4ccccc4)ccc4ccccc34)c2O)cc2ccccc2c1-c1c(-c2ccccc2)ccc2c1CC=CC2. The number of aromatic hydroxyl groups is 2. The third-order valence-corrected chi connectivity index (χ3v) is 13.4. The molecule has 9 aromatic rings. The third kappa shape index (κ3) is 7.15. The molecular formula is C60H48N2O2. The van der Waals surface area contributed by atoms with Crippen LogP contribution in [0.15, 0.2) is 192 Å². The van der Waals surface area contributed by atoms with Gasteiger partial charge in [0.2, 0.25) is 0 Å². The second kappa shape index (κ2) is 17.0. The zero-order chi connectivity index (χ0) is 43.0. The molecule has 1 fully saturated rings. The number of hydrogen-bond acceptors (Lipinski definition) is 4. The van der Waals surface area contributed by atoms with Gasteiger partial charge in [0.15, 0.2) is 0 Å². The average molecular weight is 829 g/mol. The van der Waals surface area contributed by atoms with Crippen LogP contribution in [0.25, 0.3) is 76.8 Å². The number of benzene rings is 9. The maximum Gasteiger partial charge on any atom is 0.132 e. The van der Waals surface area contributed by atoms with E-state index in [1.54, 1.807) is 0 Å². The lowest BCUT2D eigenvalue weighted by molar-refractivity contribution is 0.390. The van der Waals surface area contributed by atoms with E-state index in [0.29, 0.717) is 11.1 Å². The molecule has 0 radical (unpaired) electrons. The summed E-state index contributed by atoms with van der Waals surface area (Å²) in [5, 5.41) is 31.3. The predicted octanol–water partition coefficient (Wildman–Crippen LogP) is 14.7. The summed E-state index contributed by atoms with van der Waals surface area (Å²) in [7, 11) is 0. The average Bonchev–Trinajstić information content (AvgIpc) is 3.35. The van der Waals surface area contributed by atoms with Crippen molar-refractivity contribution in [2.45, 2.75) is 50.6 Å². The Kier molecular flexibility index (Phi) is 10.4. The first kappa shape index (κ1) is 39.3. The first-order valence-electron chi connectivity index (χ1n) is 22.6. The second-order valence-electron chi connectivity index (χ2n) is 17.2. The summed E-state index contributed by atoms with van der Waals surface area (Å²) >= 11 is 0. The van der Waals surface area contributed by atoms with Crippen molar-refractivity contribution in [3.8, 4) is 56.0 Å². The molecule has 1 unspecified atom stereocenters. The maximum atomic E-state index is 12.5. The summed E-state index contributed by atoms with van der Waals surface area (Å²) in [5.41, 5.74) is 12.1. The zero-order valence-electron chi connectivity index (χ0n) is 35.7. The van der Waals surface area contributed by atoms with Crippen molar-refractivity contribution >= 4 is 44.7 Å². The van der Waals surface area contributed by atoms with Crippen LogP contribution >= 0.6 is 0 Å². The Balaban J connectivity index is 0.998. The van der Waals surface area contributed by atoms with E-state index in [-0.39, 0.29) is 23.6 Å². The minimum atomic E-state index is -0.0866. The highest BCUT2D eigenvalue weighted by Gasteiger charge is 2.27. The lowest BCUT2D eigenvalue weighted by Gasteiger charge is -2.26. The summed E-state index contributed by atoms with van der Waals surface area (Å²) in [6, 6.07) is 58.8. The molecule has 0 saturated heterocycles. The van der Waals surface area contributed by atoms with Crippen LogP contribution in [0.1, 0.15) is 47.9 Å². The van der Waals surface area contributed by atoms with Crippen LogP contribution in [0.5, 0.6) is 11.5 Å². The third-order valence-electron chi connectivity index (χ3n) is 13.4. The molecule has 0 amide bonds. The molecular weight excluding hydrogens is 781 g/mol. The van der Waals surface area contributed by atoms with Crippen LogP contribution in [0.2, 0.25) is 0 Å². The summed E-state index contributed by atoms with van der Waals surface area (Å²) in [6.45, 7) is 0. The van der Waals surface area contributed by atoms with E-state index in [9.17, 15) is 10.2 Å². The van der Waals surface area contributed by atoms with Crippen LogP contribution < -0.4 is 0 Å². The molecule has 4 nitrogen and oxygen atoms in total. The van der Waals surface area contributed by atoms with Crippen LogP contribution in [0, 0.1) is 0 Å². The van der Waals surface area contributed by atoms with Gasteiger partial charge in [-0.25, -0.2) is 0 Å². The number of rotatable bonds is 8. The van der Waals surface area contributed by atoms with Gasteiger partial charge < -0.3 is 10.2 Å². The Labute approximate surface area is 374 Å². The zero-order valence-corrected chi connectivity index (χ0v) is 35.7. The monoisotopic (exact) mass is 828 g/mol. The number of phenolic OH excluding ortho intramolecular Hbond substituents is 2. The van der Waals surface area contributed by atoms with Crippen molar-refractivity contribution in [1.29, 1.82) is 0 Å². The summed E-state index contributed by atoms with van der Waals surface area (Å²) < 4.78 is 0. The smallest absolute Gasteiger partial charge is 0.132 e. The highest BCUT2D eigenvalue weighted by atomic mass is 16.3. The fraction of sp³-hybridized carbons (Fsp3) is 0.133. The molecule has 0 heterocycles. The molecule has 9 aromatic carbocycles. The lowest BCUT2D eigenvalue weighted by atomic mass is 9.81. The van der Waals surface area contributed by atoms with Gasteiger partial charge in [-0.2, -0.15) is 0 Å². The molecule has 0 aliphatic heterocycles. The van der Waals surface area contributed by atoms with Crippen molar-refractivity contribution in [3.63, 3.8) is 0 Å². The van der Waals surface area contributed by atoms with Gasteiger partial charge in [0.25, 0.3) is 0 Å². The highest BCUT2D eigenvalue weighted by molar-refractivity contribution is 6.14. The van der Waals surface area contributed by atoms with Crippen molar-refractivity contribution in [2.24, 2.45) is 9.98 Å². The fourth-order valence-corrected chi connectivity index (χ4v) is 10.3. The quantitative estimate of drug-likeness (QED) is 0.118. The maximum absolute atomic E-state index is 12.5. The van der Waals surface area contributed by atoms with Gasteiger partial charge in [0.1, 0.15) is 11.5 Å². The van der Waals surface area contributed by atoms with E-state index in [4.69, 9.17) is 9.98 Å². The number of fused-ring (bicyclic) bond motifs is 4. The molecule has 2 N–H and O–H groups in total. The first-order chi connectivity index (χ1) is 31.6. The number of allylic oxidation sites excluding steroid dienone is 2. The Bertz CT molecular complexity index is 3310. The molecule has 310 valence electrons. The van der Waals surface area contributed by atoms with E-state index in [1.807, 2.05) is 30.6 Å². The highest BCUT2D eigenvalue weighted by Crippen LogP contribution is 2.48. The van der Waals surface area contributed by atoms with Gasteiger partial charge in [-0.1, -0.05) is 183 Å². The Morgan fingerprint density at radius 1 is 0.422 bits per heavy atom. The van der Waals surface area contributed by atoms with Gasteiger partial charge in [0, 0.05) is 40.2 Å². The van der Waals surface area contributed by atoms with E-state index >= 15 is 0 Å². The molecule has 1 saturated carbocycles. The molecule has 2 aliphatic carbocycles. The molecule has 2 atom stereocenters. The Morgan fingerprint density at radius 2 is 0.875 bits per heavy atom. The molecule has 0 bridgehead atoms. The molecule has 0 aromatic heterocycles. The normalized spacial score (nSPS) is 16.3. The summed E-state index contributed by atoms with van der Waals surface area (Å²) in [5.74, 6) is 0.462. The Morgan fingerprint density at radius 3 is 1.45 bits per heavy atom. The van der Waals surface area contributed by atoms with Crippen molar-refractivity contribution < 1.29 is 10.2 Å². The Hall–Kier alpha value is -7.56. The summed E-state index contributed by atoms with van der Waals surface area (Å²) in [4.78, 5) is 10.5. The van der Waals surface area contributed by atoms with Crippen molar-refractivity contribution in [3.05, 3.63) is 204 Å². The minimum absolute atomic E-state index is 0.0846. The molecule has 0 spiro atoms. The molecule has 11 rings (SSSR count). The second-order valence-corrected chi connectivity index (χ2v) is 17.2. The van der Waals surface area contributed by atoms with Gasteiger partial charge in [-0.3, -0.25) is 9.98 Å². The minimum Gasteiger partial charge on any atom is -0.507 e. The van der Waals surface area contributed by atoms with Crippen molar-refractivity contribution in [2.75, 3.05) is 0 Å². The molecule has 4 heteroatoms. The van der Waals surface area contributed by atoms with Gasteiger partial charge >= 0.3 is 0 Å². The van der Waals surface area contributed by atoms with Gasteiger partial charge in [-0.05, 0) is 109 Å². The predicted molar refractivity (Wildman–Crippen MR) is 268 cm³/mol. The van der Waals surface area contributed by atoms with Crippen molar-refractivity contribution in [1.82, 2.24) is 0 Å². The number of nitrogens with zero attached hydrogens (tertiary/aromatic N) is 2. The summed E-state index contributed by atoms with van der Waals surface area (Å²) in [6.07, 6.45) is 13.8. The topological polar surface area (TPSA) is 65.2 Å². The van der Waals surface area contributed by atoms with Crippen LogP contribution in [-0.2, 0) is 12.8 Å². The van der Waals surface area contributed by atoms with E-state index in [0.717, 1.165) is 115 Å². The van der Waals surface area contributed by atoms with Gasteiger partial charge in [-0.15, -0.1) is 0 Å². The first-order valence-corrected chi connectivity index (χ1v) is 22.6. The van der Waals surface area contributed by atoms with E-state index in [1.165, 1.54) is 11.1 Å². The van der Waals surface area contributed by atoms with Gasteiger partial charge in [0.05, 0.1) is 12.1 Å². The van der Waals surface area contributed by atoms with Crippen LogP contribution in [0.3, 0.4) is 0 Å². The number of aliphatic imine (C=N–C) groups is 2. The standard InChI is InChI=1S/C60H48N2O2/c63-59-45(35-43-23-9-13-27-49(43)57(59)55-47-25-11-7-21-41(47)31-33-51(55)39-17-3-1-4-18-39)37-61-53-29-15-16-30-54(53)62-38-46-36-44-24-10-14-28-50(44)58(60(46)64)56-48-26-12-8-22-42(48)32-34-52(56)40-19-5-2-6-20-40/h1-14,17-21,23-25,27-28,31-38,53-54,63-64H,15-16,22,26,29-30H2/t53?,54-/m0/s1. The number of phenols is 2. The molecule has 64 heavy (non-hydrogen) atoms. The fourth-order valence-electron chi connectivity index (χ4n) is 10.3. The van der Waals surface area contributed by atoms with E-state index in [2.05, 4.69) is 164 Å². The molecule has 2 aliphatic rings. The number of hydrogen-bond donors (Lipinski definition) is 2.